The number of nitrogens with zero attached hydrogens (tertiary/aromatic N) is 4. The molecular formula is C37H34F2N6O5. The van der Waals surface area contributed by atoms with Crippen molar-refractivity contribution >= 4 is 17.5 Å². The summed E-state index contributed by atoms with van der Waals surface area (Å²) >= 11 is 0. The van der Waals surface area contributed by atoms with Crippen LogP contribution in [0.5, 0.6) is 17.2 Å². The van der Waals surface area contributed by atoms with Crippen molar-refractivity contribution < 1.29 is 32.4 Å². The molecule has 3 heterocycles. The fourth-order valence-corrected chi connectivity index (χ4v) is 6.24. The van der Waals surface area contributed by atoms with E-state index in [0.29, 0.717) is 47.6 Å². The van der Waals surface area contributed by atoms with Crippen LogP contribution >= 0.6 is 0 Å². The van der Waals surface area contributed by atoms with Crippen LogP contribution in [0.25, 0.3) is 11.6 Å². The third kappa shape index (κ3) is 6.89. The lowest BCUT2D eigenvalue weighted by Gasteiger charge is -2.36. The molecule has 1 aliphatic carbocycles. The predicted molar refractivity (Wildman–Crippen MR) is 178 cm³/mol. The van der Waals surface area contributed by atoms with E-state index in [1.807, 2.05) is 48.5 Å². The van der Waals surface area contributed by atoms with Crippen molar-refractivity contribution in [1.82, 2.24) is 25.4 Å². The van der Waals surface area contributed by atoms with Crippen LogP contribution in [0.1, 0.15) is 68.0 Å². The Labute approximate surface area is 286 Å². The average molecular weight is 681 g/mol. The fraction of sp³-hybridized carbons (Fsp3) is 0.297. The number of hydrogen-bond acceptors (Lipinski definition) is 10. The molecule has 3 aromatic carbocycles. The second-order valence-electron chi connectivity index (χ2n) is 13.1. The number of amides is 2. The Kier molecular flexibility index (Phi) is 8.72. The smallest absolute Gasteiger partial charge is 0.240 e. The molecule has 2 amide bonds. The van der Waals surface area contributed by atoms with E-state index in [4.69, 9.17) is 14.0 Å². The van der Waals surface area contributed by atoms with Gasteiger partial charge in [-0.3, -0.25) is 14.9 Å². The van der Waals surface area contributed by atoms with Gasteiger partial charge in [-0.25, -0.2) is 18.7 Å². The van der Waals surface area contributed by atoms with Crippen molar-refractivity contribution in [3.63, 3.8) is 0 Å². The van der Waals surface area contributed by atoms with Gasteiger partial charge >= 0.3 is 0 Å². The summed E-state index contributed by atoms with van der Waals surface area (Å²) in [6.45, 7) is 6.00. The number of anilines is 1. The molecule has 2 N–H and O–H groups in total. The summed E-state index contributed by atoms with van der Waals surface area (Å²) in [7, 11) is 0. The van der Waals surface area contributed by atoms with Gasteiger partial charge in [0.05, 0.1) is 18.3 Å². The maximum Gasteiger partial charge on any atom is 0.240 e. The zero-order valence-corrected chi connectivity index (χ0v) is 27.6. The molecule has 256 valence electrons. The van der Waals surface area contributed by atoms with Gasteiger partial charge in [-0.05, 0) is 53.9 Å². The number of benzene rings is 3. The van der Waals surface area contributed by atoms with E-state index < -0.39 is 29.4 Å². The molecule has 0 radical (unpaired) electrons. The van der Waals surface area contributed by atoms with Crippen LogP contribution in [-0.4, -0.2) is 44.1 Å². The summed E-state index contributed by atoms with van der Waals surface area (Å²) in [6.07, 6.45) is 4.52. The maximum absolute atomic E-state index is 14.9. The first-order valence-electron chi connectivity index (χ1n) is 16.3. The van der Waals surface area contributed by atoms with Crippen LogP contribution < -0.4 is 20.1 Å². The van der Waals surface area contributed by atoms with E-state index in [9.17, 15) is 18.4 Å². The summed E-state index contributed by atoms with van der Waals surface area (Å²) in [5.41, 5.74) is 1.90. The molecule has 2 fully saturated rings. The second-order valence-corrected chi connectivity index (χ2v) is 13.1. The van der Waals surface area contributed by atoms with Gasteiger partial charge in [0, 0.05) is 48.9 Å². The number of ether oxygens (including phenoxy) is 2. The Hall–Kier alpha value is -5.72. The molecular weight excluding hydrogens is 646 g/mol. The molecule has 50 heavy (non-hydrogen) atoms. The third-order valence-corrected chi connectivity index (χ3v) is 9.18. The molecule has 1 saturated carbocycles. The highest BCUT2D eigenvalue weighted by Gasteiger charge is 2.34. The lowest BCUT2D eigenvalue weighted by Crippen LogP contribution is -2.42. The van der Waals surface area contributed by atoms with Crippen LogP contribution in [0.2, 0.25) is 0 Å². The Morgan fingerprint density at radius 3 is 2.08 bits per heavy atom. The first kappa shape index (κ1) is 32.8. The Bertz CT molecular complexity index is 2000. The molecule has 1 aliphatic heterocycles. The van der Waals surface area contributed by atoms with Crippen molar-refractivity contribution in [2.24, 2.45) is 0 Å². The van der Waals surface area contributed by atoms with Gasteiger partial charge in [0.1, 0.15) is 29.2 Å². The van der Waals surface area contributed by atoms with Crippen molar-refractivity contribution in [1.29, 1.82) is 0 Å². The SMILES string of the molecule is Cc1nc(-c2ncc(Oc3ccc(C(C)(C)c4ccc(OC5CC(Nc6cc(F)c(C7CCC(=O)NC7=O)c(F)c6)C5)cc4)cc3)cn2)no1. The number of rotatable bonds is 10. The van der Waals surface area contributed by atoms with Gasteiger partial charge in [-0.1, -0.05) is 43.3 Å². The molecule has 2 aromatic heterocycles. The second kappa shape index (κ2) is 13.3. The number of imide groups is 1. The first-order valence-corrected chi connectivity index (χ1v) is 16.3. The van der Waals surface area contributed by atoms with Gasteiger partial charge in [-0.15, -0.1) is 0 Å². The molecule has 0 spiro atoms. The molecule has 1 saturated heterocycles. The quantitative estimate of drug-likeness (QED) is 0.152. The predicted octanol–water partition coefficient (Wildman–Crippen LogP) is 6.77. The number of aromatic nitrogens is 4. The van der Waals surface area contributed by atoms with Crippen LogP contribution in [0, 0.1) is 18.6 Å². The minimum Gasteiger partial charge on any atom is -0.490 e. The molecule has 1 atom stereocenters. The van der Waals surface area contributed by atoms with E-state index in [1.54, 1.807) is 19.3 Å². The molecule has 2 aliphatic rings. The van der Waals surface area contributed by atoms with Crippen molar-refractivity contribution in [3.8, 4) is 28.9 Å². The van der Waals surface area contributed by atoms with Gasteiger partial charge < -0.3 is 19.3 Å². The van der Waals surface area contributed by atoms with E-state index in [2.05, 4.69) is 44.6 Å². The summed E-state index contributed by atoms with van der Waals surface area (Å²) in [4.78, 5) is 36.2. The lowest BCUT2D eigenvalue weighted by molar-refractivity contribution is -0.134. The van der Waals surface area contributed by atoms with Gasteiger partial charge in [0.15, 0.2) is 5.75 Å². The number of nitrogens with one attached hydrogen (secondary N) is 2. The van der Waals surface area contributed by atoms with Crippen LogP contribution in [0.15, 0.2) is 77.6 Å². The van der Waals surface area contributed by atoms with E-state index in [0.717, 1.165) is 16.9 Å². The van der Waals surface area contributed by atoms with Crippen molar-refractivity contribution in [3.05, 3.63) is 107 Å². The zero-order valence-electron chi connectivity index (χ0n) is 27.6. The normalized spacial score (nSPS) is 19.0. The summed E-state index contributed by atoms with van der Waals surface area (Å²) in [6, 6.07) is 18.2. The van der Waals surface area contributed by atoms with Crippen LogP contribution in [-0.2, 0) is 15.0 Å². The Balaban J connectivity index is 0.906. The largest absolute Gasteiger partial charge is 0.490 e. The third-order valence-electron chi connectivity index (χ3n) is 9.18. The van der Waals surface area contributed by atoms with Crippen LogP contribution in [0.4, 0.5) is 14.5 Å². The van der Waals surface area contributed by atoms with Crippen molar-refractivity contribution in [2.75, 3.05) is 5.32 Å². The average Bonchev–Trinajstić information content (AvgIpc) is 3.51. The first-order chi connectivity index (χ1) is 24.0. The zero-order chi connectivity index (χ0) is 35.0. The highest BCUT2D eigenvalue weighted by molar-refractivity contribution is 6.01. The number of aryl methyl sites for hydroxylation is 1. The lowest BCUT2D eigenvalue weighted by atomic mass is 9.78. The number of piperidine rings is 1. The Morgan fingerprint density at radius 2 is 1.50 bits per heavy atom. The Morgan fingerprint density at radius 1 is 0.880 bits per heavy atom. The number of hydrogen-bond donors (Lipinski definition) is 2. The topological polar surface area (TPSA) is 141 Å². The molecule has 5 aromatic rings. The summed E-state index contributed by atoms with van der Waals surface area (Å²) in [5.74, 6) is -0.794. The molecule has 0 bridgehead atoms. The molecule has 1 unspecified atom stereocenters. The standard InChI is InChI=1S/C37H34F2N6O5/c1-20-42-35(45-50-20)34-40-18-28(19-41-34)49-26-10-6-22(7-11-26)37(2,3)21-4-8-25(9-5-21)48-27-14-23(15-27)43-24-16-30(38)33(31(39)17-24)29-12-13-32(46)44-36(29)47/h4-11,16-19,23,27,29,43H,12-15H2,1-3H3,(H,44,46,47). The monoisotopic (exact) mass is 680 g/mol. The van der Waals surface area contributed by atoms with Crippen molar-refractivity contribution in [2.45, 2.75) is 69.9 Å². The fourth-order valence-electron chi connectivity index (χ4n) is 6.24. The highest BCUT2D eigenvalue weighted by atomic mass is 19.1. The number of carbonyl (C=O) groups is 2. The summed E-state index contributed by atoms with van der Waals surface area (Å²) < 4.78 is 46.9. The minimum atomic E-state index is -1.03. The molecule has 11 nitrogen and oxygen atoms in total. The van der Waals surface area contributed by atoms with E-state index in [-0.39, 0.29) is 36.0 Å². The minimum absolute atomic E-state index is 0.0154. The van der Waals surface area contributed by atoms with Gasteiger partial charge in [-0.2, -0.15) is 4.98 Å². The number of halogens is 2. The summed E-state index contributed by atoms with van der Waals surface area (Å²) in [5, 5.41) is 9.13. The maximum atomic E-state index is 14.9. The van der Waals surface area contributed by atoms with E-state index in [1.165, 1.54) is 12.1 Å². The highest BCUT2D eigenvalue weighted by Crippen LogP contribution is 2.36. The van der Waals surface area contributed by atoms with E-state index >= 15 is 0 Å². The molecule has 7 rings (SSSR count). The van der Waals surface area contributed by atoms with Gasteiger partial charge in [0.25, 0.3) is 0 Å². The van der Waals surface area contributed by atoms with Crippen LogP contribution in [0.3, 0.4) is 0 Å². The number of carbonyl (C=O) groups excluding carboxylic acids is 2. The molecule has 13 heteroatoms. The van der Waals surface area contributed by atoms with Gasteiger partial charge in [0.2, 0.25) is 29.4 Å².